The second kappa shape index (κ2) is 8.84. The van der Waals surface area contributed by atoms with Crippen LogP contribution in [0.1, 0.15) is 34.5 Å². The first-order chi connectivity index (χ1) is 13.5. The van der Waals surface area contributed by atoms with Crippen LogP contribution in [0.25, 0.3) is 0 Å². The molecule has 1 atom stereocenters. The minimum atomic E-state index is -0.417. The van der Waals surface area contributed by atoms with Crippen LogP contribution < -0.4 is 10.6 Å². The van der Waals surface area contributed by atoms with Crippen LogP contribution in [-0.4, -0.2) is 23.0 Å². The molecule has 0 saturated heterocycles. The molecule has 2 aromatic carbocycles. The number of anilines is 3. The summed E-state index contributed by atoms with van der Waals surface area (Å²) < 4.78 is 5.47. The number of benzene rings is 2. The second-order valence-corrected chi connectivity index (χ2v) is 7.17. The van der Waals surface area contributed by atoms with Crippen LogP contribution in [0.15, 0.2) is 59.2 Å². The Bertz CT molecular complexity index is 979. The van der Waals surface area contributed by atoms with Gasteiger partial charge in [0.1, 0.15) is 5.82 Å². The van der Waals surface area contributed by atoms with Gasteiger partial charge in [0.25, 0.3) is 0 Å². The van der Waals surface area contributed by atoms with Gasteiger partial charge in [-0.05, 0) is 53.5 Å². The number of aromatic nitrogens is 2. The largest absolute Gasteiger partial charge is 0.465 e. The first kappa shape index (κ1) is 19.8. The molecule has 0 aliphatic heterocycles. The van der Waals surface area contributed by atoms with Crippen LogP contribution in [0.4, 0.5) is 17.5 Å². The summed E-state index contributed by atoms with van der Waals surface area (Å²) in [4.78, 5) is 20.8. The predicted molar refractivity (Wildman–Crippen MR) is 114 cm³/mol. The summed E-state index contributed by atoms with van der Waals surface area (Å²) in [5.74, 6) is 0.769. The molecule has 3 rings (SSSR count). The van der Waals surface area contributed by atoms with Gasteiger partial charge in [-0.3, -0.25) is 0 Å². The molecule has 144 valence electrons. The van der Waals surface area contributed by atoms with E-state index in [0.717, 1.165) is 11.4 Å². The molecule has 1 aromatic heterocycles. The van der Waals surface area contributed by atoms with E-state index in [9.17, 15) is 4.79 Å². The van der Waals surface area contributed by atoms with E-state index in [2.05, 4.69) is 55.6 Å². The highest BCUT2D eigenvalue weighted by Gasteiger charge is 2.13. The van der Waals surface area contributed by atoms with E-state index in [1.54, 1.807) is 18.3 Å². The van der Waals surface area contributed by atoms with Gasteiger partial charge in [0.2, 0.25) is 5.95 Å². The van der Waals surface area contributed by atoms with E-state index < -0.39 is 5.97 Å². The minimum absolute atomic E-state index is 0.0984. The third-order valence-electron chi connectivity index (χ3n) is 4.25. The standard InChI is InChI=1S/C21H21BrN4O2/c1-13-12-23-21(25-16-9-10-18(22)17(11-16)20(27)28-3)26-19(13)24-14(2)15-7-5-4-6-8-15/h4-12,14H,1-3H3,(H2,23,24,25,26). The van der Waals surface area contributed by atoms with E-state index in [1.807, 2.05) is 31.2 Å². The van der Waals surface area contributed by atoms with Gasteiger partial charge in [0.15, 0.2) is 0 Å². The molecule has 3 aromatic rings. The summed E-state index contributed by atoms with van der Waals surface area (Å²) in [7, 11) is 1.35. The van der Waals surface area contributed by atoms with Crippen molar-refractivity contribution in [1.29, 1.82) is 0 Å². The number of methoxy groups -OCH3 is 1. The summed E-state index contributed by atoms with van der Waals surface area (Å²) >= 11 is 3.36. The number of hydrogen-bond donors (Lipinski definition) is 2. The second-order valence-electron chi connectivity index (χ2n) is 6.31. The van der Waals surface area contributed by atoms with Gasteiger partial charge in [-0.2, -0.15) is 4.98 Å². The fourth-order valence-electron chi connectivity index (χ4n) is 2.68. The van der Waals surface area contributed by atoms with Crippen LogP contribution in [0.2, 0.25) is 0 Å². The van der Waals surface area contributed by atoms with Crippen LogP contribution in [0.3, 0.4) is 0 Å². The fourth-order valence-corrected chi connectivity index (χ4v) is 3.09. The predicted octanol–water partition coefficient (Wildman–Crippen LogP) is 5.25. The maximum atomic E-state index is 11.9. The number of esters is 1. The Morgan fingerprint density at radius 2 is 1.93 bits per heavy atom. The van der Waals surface area contributed by atoms with Crippen molar-refractivity contribution in [3.63, 3.8) is 0 Å². The van der Waals surface area contributed by atoms with E-state index in [-0.39, 0.29) is 6.04 Å². The highest BCUT2D eigenvalue weighted by atomic mass is 79.9. The third-order valence-corrected chi connectivity index (χ3v) is 4.94. The van der Waals surface area contributed by atoms with Gasteiger partial charge in [0.05, 0.1) is 12.7 Å². The Kier molecular flexibility index (Phi) is 6.26. The molecule has 0 bridgehead atoms. The Hall–Kier alpha value is -2.93. The third kappa shape index (κ3) is 4.67. The molecule has 0 saturated carbocycles. The lowest BCUT2D eigenvalue weighted by molar-refractivity contribution is 0.0599. The molecule has 6 nitrogen and oxygen atoms in total. The number of aryl methyl sites for hydroxylation is 1. The Labute approximate surface area is 172 Å². The van der Waals surface area contributed by atoms with Gasteiger partial charge >= 0.3 is 5.97 Å². The molecule has 1 heterocycles. The first-order valence-electron chi connectivity index (χ1n) is 8.78. The fraction of sp³-hybridized carbons (Fsp3) is 0.190. The van der Waals surface area contributed by atoms with Crippen molar-refractivity contribution in [1.82, 2.24) is 9.97 Å². The van der Waals surface area contributed by atoms with E-state index in [4.69, 9.17) is 4.74 Å². The molecule has 0 spiro atoms. The number of halogens is 1. The zero-order chi connectivity index (χ0) is 20.1. The molecule has 1 unspecified atom stereocenters. The summed E-state index contributed by atoms with van der Waals surface area (Å²) in [6.45, 7) is 4.04. The molecule has 0 aliphatic rings. The highest BCUT2D eigenvalue weighted by molar-refractivity contribution is 9.10. The van der Waals surface area contributed by atoms with Gasteiger partial charge < -0.3 is 15.4 Å². The summed E-state index contributed by atoms with van der Waals surface area (Å²) in [5.41, 5.74) is 3.23. The van der Waals surface area contributed by atoms with Crippen molar-refractivity contribution in [3.05, 3.63) is 75.9 Å². The van der Waals surface area contributed by atoms with E-state index >= 15 is 0 Å². The lowest BCUT2D eigenvalue weighted by atomic mass is 10.1. The molecule has 0 aliphatic carbocycles. The summed E-state index contributed by atoms with van der Waals surface area (Å²) in [5, 5.41) is 6.57. The average Bonchev–Trinajstić information content (AvgIpc) is 2.72. The lowest BCUT2D eigenvalue weighted by Gasteiger charge is -2.17. The number of hydrogen-bond acceptors (Lipinski definition) is 6. The Balaban J connectivity index is 1.81. The van der Waals surface area contributed by atoms with Gasteiger partial charge in [-0.1, -0.05) is 30.3 Å². The number of nitrogens with zero attached hydrogens (tertiary/aromatic N) is 2. The highest BCUT2D eigenvalue weighted by Crippen LogP contribution is 2.25. The Morgan fingerprint density at radius 3 is 2.64 bits per heavy atom. The maximum Gasteiger partial charge on any atom is 0.339 e. The van der Waals surface area contributed by atoms with Crippen molar-refractivity contribution in [3.8, 4) is 0 Å². The van der Waals surface area contributed by atoms with Crippen molar-refractivity contribution in [2.75, 3.05) is 17.7 Å². The van der Waals surface area contributed by atoms with Crippen molar-refractivity contribution < 1.29 is 9.53 Å². The molecular formula is C21H21BrN4O2. The van der Waals surface area contributed by atoms with E-state index in [0.29, 0.717) is 21.7 Å². The normalized spacial score (nSPS) is 11.6. The van der Waals surface area contributed by atoms with Crippen LogP contribution in [0.5, 0.6) is 0 Å². The van der Waals surface area contributed by atoms with Gasteiger partial charge in [-0.25, -0.2) is 9.78 Å². The molecule has 28 heavy (non-hydrogen) atoms. The van der Waals surface area contributed by atoms with Crippen molar-refractivity contribution >= 4 is 39.4 Å². The van der Waals surface area contributed by atoms with Gasteiger partial charge in [0, 0.05) is 28.0 Å². The van der Waals surface area contributed by atoms with E-state index in [1.165, 1.54) is 12.7 Å². The zero-order valence-electron chi connectivity index (χ0n) is 15.9. The molecule has 2 N–H and O–H groups in total. The SMILES string of the molecule is COC(=O)c1cc(Nc2ncc(C)c(NC(C)c3ccccc3)n2)ccc1Br. The van der Waals surface area contributed by atoms with Crippen LogP contribution >= 0.6 is 15.9 Å². The zero-order valence-corrected chi connectivity index (χ0v) is 17.4. The van der Waals surface area contributed by atoms with Crippen molar-refractivity contribution in [2.24, 2.45) is 0 Å². The van der Waals surface area contributed by atoms with Crippen molar-refractivity contribution in [2.45, 2.75) is 19.9 Å². The number of rotatable bonds is 6. The first-order valence-corrected chi connectivity index (χ1v) is 9.57. The van der Waals surface area contributed by atoms with Gasteiger partial charge in [-0.15, -0.1) is 0 Å². The average molecular weight is 441 g/mol. The summed E-state index contributed by atoms with van der Waals surface area (Å²) in [6, 6.07) is 15.6. The number of carbonyl (C=O) groups is 1. The maximum absolute atomic E-state index is 11.9. The number of carbonyl (C=O) groups excluding carboxylic acids is 1. The minimum Gasteiger partial charge on any atom is -0.465 e. The molecule has 0 radical (unpaired) electrons. The molecule has 0 amide bonds. The number of ether oxygens (including phenoxy) is 1. The monoisotopic (exact) mass is 440 g/mol. The summed E-state index contributed by atoms with van der Waals surface area (Å²) in [6.07, 6.45) is 1.76. The Morgan fingerprint density at radius 1 is 1.18 bits per heavy atom. The topological polar surface area (TPSA) is 76.1 Å². The van der Waals surface area contributed by atoms with Crippen LogP contribution in [-0.2, 0) is 4.74 Å². The van der Waals surface area contributed by atoms with Crippen LogP contribution in [0, 0.1) is 6.92 Å². The lowest BCUT2D eigenvalue weighted by Crippen LogP contribution is -2.11. The molecular weight excluding hydrogens is 420 g/mol. The smallest absolute Gasteiger partial charge is 0.339 e. The number of nitrogens with one attached hydrogen (secondary N) is 2. The molecule has 0 fully saturated rings. The quantitative estimate of drug-likeness (QED) is 0.509. The molecule has 7 heteroatoms.